The Kier molecular flexibility index (Phi) is 4.61. The van der Waals surface area contributed by atoms with Crippen LogP contribution in [-0.4, -0.2) is 25.1 Å². The molecular weight excluding hydrogens is 258 g/mol. The predicted octanol–water partition coefficient (Wildman–Crippen LogP) is -3.32. The Labute approximate surface area is 110 Å². The van der Waals surface area contributed by atoms with Crippen LogP contribution in [0.4, 0.5) is 5.69 Å². The number of hydrogen-bond donors (Lipinski definition) is 3. The second-order valence-electron chi connectivity index (χ2n) is 3.33. The third-order valence-electron chi connectivity index (χ3n) is 2.01. The van der Waals surface area contributed by atoms with Crippen LogP contribution in [0.5, 0.6) is 11.5 Å². The highest BCUT2D eigenvalue weighted by atomic mass is 35.5. The fourth-order valence-corrected chi connectivity index (χ4v) is 1.39. The van der Waals surface area contributed by atoms with Crippen molar-refractivity contribution in [2.24, 2.45) is 27.2 Å². The molecule has 0 amide bonds. The van der Waals surface area contributed by atoms with E-state index in [0.717, 1.165) is 0 Å². The highest BCUT2D eigenvalue weighted by Gasteiger charge is 2.11. The first-order valence-corrected chi connectivity index (χ1v) is 4.98. The molecule has 8 heteroatoms. The second-order valence-corrected chi connectivity index (χ2v) is 3.33. The van der Waals surface area contributed by atoms with Crippen molar-refractivity contribution in [2.75, 3.05) is 13.2 Å². The monoisotopic (exact) mass is 270 g/mol. The quantitative estimate of drug-likeness (QED) is 0.364. The lowest BCUT2D eigenvalue weighted by Gasteiger charge is -2.18. The van der Waals surface area contributed by atoms with Gasteiger partial charge in [-0.2, -0.15) is 4.99 Å². The first-order valence-electron chi connectivity index (χ1n) is 4.98. The number of benzene rings is 1. The zero-order valence-electron chi connectivity index (χ0n) is 9.47. The van der Waals surface area contributed by atoms with E-state index < -0.39 is 0 Å². The van der Waals surface area contributed by atoms with E-state index in [9.17, 15) is 0 Å². The Balaban J connectivity index is 0.00000162. The first-order chi connectivity index (χ1) is 8.15. The third-order valence-corrected chi connectivity index (χ3v) is 2.01. The van der Waals surface area contributed by atoms with Crippen molar-refractivity contribution in [1.29, 1.82) is 0 Å². The molecular formula is C10H13ClN5O2-. The van der Waals surface area contributed by atoms with E-state index in [2.05, 4.69) is 9.98 Å². The summed E-state index contributed by atoms with van der Waals surface area (Å²) in [5, 5.41) is 0. The molecule has 1 aromatic carbocycles. The maximum absolute atomic E-state index is 5.51. The zero-order valence-corrected chi connectivity index (χ0v) is 10.2. The summed E-state index contributed by atoms with van der Waals surface area (Å²) in [7, 11) is 0. The van der Waals surface area contributed by atoms with Crippen molar-refractivity contribution >= 4 is 17.6 Å². The average Bonchev–Trinajstić information content (AvgIpc) is 2.27. The molecule has 0 aromatic heterocycles. The van der Waals surface area contributed by atoms with Gasteiger partial charge in [0.05, 0.1) is 5.69 Å². The number of fused-ring (bicyclic) bond motifs is 1. The Morgan fingerprint density at radius 1 is 1.06 bits per heavy atom. The smallest absolute Gasteiger partial charge is 0.223 e. The van der Waals surface area contributed by atoms with Gasteiger partial charge in [-0.25, -0.2) is 4.99 Å². The molecule has 0 spiro atoms. The van der Waals surface area contributed by atoms with E-state index in [1.54, 1.807) is 18.2 Å². The van der Waals surface area contributed by atoms with Gasteiger partial charge in [0, 0.05) is 6.07 Å². The molecule has 98 valence electrons. The summed E-state index contributed by atoms with van der Waals surface area (Å²) in [4.78, 5) is 7.63. The van der Waals surface area contributed by atoms with Crippen LogP contribution in [0.1, 0.15) is 0 Å². The highest BCUT2D eigenvalue weighted by Crippen LogP contribution is 2.33. The lowest BCUT2D eigenvalue weighted by Crippen LogP contribution is -3.00. The number of guanidine groups is 2. The lowest BCUT2D eigenvalue weighted by atomic mass is 10.2. The van der Waals surface area contributed by atoms with Crippen LogP contribution >= 0.6 is 0 Å². The molecule has 1 aromatic rings. The Morgan fingerprint density at radius 2 is 1.72 bits per heavy atom. The molecule has 0 unspecified atom stereocenters. The molecule has 0 atom stereocenters. The van der Waals surface area contributed by atoms with Crippen molar-refractivity contribution in [3.05, 3.63) is 18.2 Å². The molecule has 0 saturated carbocycles. The van der Waals surface area contributed by atoms with Crippen LogP contribution in [0.15, 0.2) is 28.2 Å². The van der Waals surface area contributed by atoms with Gasteiger partial charge in [0.1, 0.15) is 13.2 Å². The van der Waals surface area contributed by atoms with Crippen molar-refractivity contribution in [1.82, 2.24) is 0 Å². The van der Waals surface area contributed by atoms with Crippen molar-refractivity contribution in [2.45, 2.75) is 0 Å². The van der Waals surface area contributed by atoms with Gasteiger partial charge in [-0.3, -0.25) is 0 Å². The van der Waals surface area contributed by atoms with Crippen LogP contribution in [0, 0.1) is 0 Å². The number of nitrogens with two attached hydrogens (primary N) is 3. The van der Waals surface area contributed by atoms with E-state index in [0.29, 0.717) is 30.4 Å². The molecule has 2 rings (SSSR count). The summed E-state index contributed by atoms with van der Waals surface area (Å²) >= 11 is 0. The van der Waals surface area contributed by atoms with Crippen LogP contribution in [0.3, 0.4) is 0 Å². The van der Waals surface area contributed by atoms with E-state index >= 15 is 0 Å². The summed E-state index contributed by atoms with van der Waals surface area (Å²) in [6, 6.07) is 5.21. The molecule has 0 radical (unpaired) electrons. The van der Waals surface area contributed by atoms with E-state index in [-0.39, 0.29) is 24.3 Å². The predicted molar refractivity (Wildman–Crippen MR) is 64.5 cm³/mol. The SMILES string of the molecule is NC(N)=NC(N)=Nc1ccc2c(c1)OCCO2.[Cl-]. The molecule has 1 heterocycles. The van der Waals surface area contributed by atoms with Crippen molar-refractivity contribution in [3.63, 3.8) is 0 Å². The average molecular weight is 271 g/mol. The minimum Gasteiger partial charge on any atom is -1.00 e. The van der Waals surface area contributed by atoms with Crippen LogP contribution in [0.25, 0.3) is 0 Å². The van der Waals surface area contributed by atoms with Crippen LogP contribution < -0.4 is 39.1 Å². The van der Waals surface area contributed by atoms with Gasteiger partial charge in [0.2, 0.25) is 5.96 Å². The highest BCUT2D eigenvalue weighted by molar-refractivity contribution is 5.93. The Bertz CT molecular complexity index is 485. The largest absolute Gasteiger partial charge is 1.00 e. The van der Waals surface area contributed by atoms with Crippen molar-refractivity contribution < 1.29 is 21.9 Å². The number of ether oxygens (including phenoxy) is 2. The summed E-state index contributed by atoms with van der Waals surface area (Å²) in [5.74, 6) is 1.18. The fraction of sp³-hybridized carbons (Fsp3) is 0.200. The normalized spacial score (nSPS) is 13.4. The second kappa shape index (κ2) is 5.97. The summed E-state index contributed by atoms with van der Waals surface area (Å²) in [6.07, 6.45) is 0. The Hall–Kier alpha value is -2.15. The van der Waals surface area contributed by atoms with Gasteiger partial charge < -0.3 is 39.1 Å². The minimum absolute atomic E-state index is 0. The molecule has 0 saturated heterocycles. The topological polar surface area (TPSA) is 121 Å². The van der Waals surface area contributed by atoms with Gasteiger partial charge in [0.25, 0.3) is 0 Å². The molecule has 1 aliphatic heterocycles. The maximum Gasteiger partial charge on any atom is 0.223 e. The molecule has 18 heavy (non-hydrogen) atoms. The molecule has 1 aliphatic rings. The van der Waals surface area contributed by atoms with E-state index in [4.69, 9.17) is 26.7 Å². The van der Waals surface area contributed by atoms with E-state index in [1.807, 2.05) is 0 Å². The van der Waals surface area contributed by atoms with Crippen LogP contribution in [0.2, 0.25) is 0 Å². The molecule has 7 nitrogen and oxygen atoms in total. The summed E-state index contributed by atoms with van der Waals surface area (Å²) < 4.78 is 10.8. The van der Waals surface area contributed by atoms with Crippen molar-refractivity contribution in [3.8, 4) is 11.5 Å². The molecule has 6 N–H and O–H groups in total. The minimum atomic E-state index is -0.135. The first kappa shape index (κ1) is 13.9. The molecule has 0 bridgehead atoms. The lowest BCUT2D eigenvalue weighted by molar-refractivity contribution is -0.00000464. The zero-order chi connectivity index (χ0) is 12.3. The van der Waals surface area contributed by atoms with Gasteiger partial charge in [0.15, 0.2) is 17.5 Å². The maximum atomic E-state index is 5.51. The molecule has 0 aliphatic carbocycles. The Morgan fingerprint density at radius 3 is 2.39 bits per heavy atom. The van der Waals surface area contributed by atoms with Gasteiger partial charge in [-0.05, 0) is 12.1 Å². The summed E-state index contributed by atoms with van der Waals surface area (Å²) in [6.45, 7) is 1.06. The summed E-state index contributed by atoms with van der Waals surface area (Å²) in [5.41, 5.74) is 16.5. The molecule has 0 fully saturated rings. The number of hydrogen-bond acceptors (Lipinski definition) is 3. The van der Waals surface area contributed by atoms with Gasteiger partial charge in [-0.15, -0.1) is 0 Å². The number of aliphatic imine (C=N–C) groups is 2. The van der Waals surface area contributed by atoms with Gasteiger partial charge >= 0.3 is 0 Å². The van der Waals surface area contributed by atoms with E-state index in [1.165, 1.54) is 0 Å². The number of rotatable bonds is 1. The number of nitrogens with zero attached hydrogens (tertiary/aromatic N) is 2. The third kappa shape index (κ3) is 3.42. The fourth-order valence-electron chi connectivity index (χ4n) is 1.39. The number of halogens is 1. The van der Waals surface area contributed by atoms with Crippen LogP contribution in [-0.2, 0) is 0 Å². The standard InChI is InChI=1S/C10H13N5O2.ClH/c11-9(12)15-10(13)14-6-1-2-7-8(5-6)17-4-3-16-7;/h1-2,5H,3-4H2,(H6,11,12,13,14,15);1H/p-1. The van der Waals surface area contributed by atoms with Gasteiger partial charge in [-0.1, -0.05) is 0 Å².